The van der Waals surface area contributed by atoms with E-state index in [1.807, 2.05) is 24.3 Å². The second-order valence-corrected chi connectivity index (χ2v) is 5.27. The first-order valence-electron chi connectivity index (χ1n) is 7.25. The number of carbonyl (C=O) groups excluding carboxylic acids is 2. The summed E-state index contributed by atoms with van der Waals surface area (Å²) in [4.78, 5) is 26.2. The minimum atomic E-state index is -0.599. The fraction of sp³-hybridized carbons (Fsp3) is 0.176. The Balaban J connectivity index is 1.89. The number of hydrogen-bond donors (Lipinski definition) is 2. The molecule has 118 valence electrons. The minimum Gasteiger partial charge on any atom is -0.357 e. The first kappa shape index (κ1) is 15.0. The standard InChI is InChI=1S/C17H16FN3O2/c1-19-16(22)15-10-11-4-2-3-5-14(11)21(15)17(23)20-13-8-6-12(18)7-9-13/h2-9,15H,10H2,1H3,(H,19,22)(H,20,23)/t15-/m1/s1. The zero-order valence-electron chi connectivity index (χ0n) is 12.5. The smallest absolute Gasteiger partial charge is 0.327 e. The van der Waals surface area contributed by atoms with Crippen molar-refractivity contribution >= 4 is 23.3 Å². The van der Waals surface area contributed by atoms with E-state index in [9.17, 15) is 14.0 Å². The van der Waals surface area contributed by atoms with Gasteiger partial charge in [0.1, 0.15) is 11.9 Å². The lowest BCUT2D eigenvalue weighted by atomic mass is 10.1. The van der Waals surface area contributed by atoms with E-state index in [0.717, 1.165) is 5.56 Å². The summed E-state index contributed by atoms with van der Waals surface area (Å²) in [6, 6.07) is 11.9. The Morgan fingerprint density at radius 1 is 1.13 bits per heavy atom. The van der Waals surface area contributed by atoms with Gasteiger partial charge in [-0.25, -0.2) is 9.18 Å². The Morgan fingerprint density at radius 2 is 1.83 bits per heavy atom. The molecule has 6 heteroatoms. The lowest BCUT2D eigenvalue weighted by molar-refractivity contribution is -0.121. The van der Waals surface area contributed by atoms with Crippen LogP contribution in [0.15, 0.2) is 48.5 Å². The lowest BCUT2D eigenvalue weighted by Crippen LogP contribution is -2.48. The van der Waals surface area contributed by atoms with Gasteiger partial charge in [-0.15, -0.1) is 0 Å². The van der Waals surface area contributed by atoms with Crippen LogP contribution in [0, 0.1) is 5.82 Å². The van der Waals surface area contributed by atoms with Crippen LogP contribution in [-0.2, 0) is 11.2 Å². The largest absolute Gasteiger partial charge is 0.357 e. The van der Waals surface area contributed by atoms with Crippen molar-refractivity contribution in [3.63, 3.8) is 0 Å². The third-order valence-electron chi connectivity index (χ3n) is 3.84. The van der Waals surface area contributed by atoms with Gasteiger partial charge in [-0.05, 0) is 35.9 Å². The molecule has 3 rings (SSSR count). The molecule has 0 aromatic heterocycles. The molecule has 23 heavy (non-hydrogen) atoms. The fourth-order valence-corrected chi connectivity index (χ4v) is 2.73. The monoisotopic (exact) mass is 313 g/mol. The van der Waals surface area contributed by atoms with E-state index in [0.29, 0.717) is 17.8 Å². The van der Waals surface area contributed by atoms with Crippen molar-refractivity contribution in [2.45, 2.75) is 12.5 Å². The van der Waals surface area contributed by atoms with Crippen LogP contribution >= 0.6 is 0 Å². The first-order chi connectivity index (χ1) is 11.1. The summed E-state index contributed by atoms with van der Waals surface area (Å²) in [5, 5.41) is 5.29. The summed E-state index contributed by atoms with van der Waals surface area (Å²) < 4.78 is 13.0. The van der Waals surface area contributed by atoms with Crippen LogP contribution in [0.4, 0.5) is 20.6 Å². The van der Waals surface area contributed by atoms with Crippen LogP contribution in [0.1, 0.15) is 5.56 Å². The highest BCUT2D eigenvalue weighted by atomic mass is 19.1. The lowest BCUT2D eigenvalue weighted by Gasteiger charge is -2.24. The van der Waals surface area contributed by atoms with Crippen LogP contribution < -0.4 is 15.5 Å². The molecule has 0 unspecified atom stereocenters. The Bertz CT molecular complexity index is 746. The number of rotatable bonds is 2. The molecule has 0 fully saturated rings. The van der Waals surface area contributed by atoms with Crippen molar-refractivity contribution in [3.05, 3.63) is 59.9 Å². The molecule has 1 atom stereocenters. The predicted molar refractivity (Wildman–Crippen MR) is 85.9 cm³/mol. The molecule has 2 aromatic rings. The van der Waals surface area contributed by atoms with Crippen molar-refractivity contribution in [1.29, 1.82) is 0 Å². The molecule has 1 aliphatic rings. The molecule has 2 aromatic carbocycles. The van der Waals surface area contributed by atoms with Crippen LogP contribution in [0.2, 0.25) is 0 Å². The van der Waals surface area contributed by atoms with E-state index in [-0.39, 0.29) is 11.7 Å². The zero-order valence-corrected chi connectivity index (χ0v) is 12.5. The average molecular weight is 313 g/mol. The van der Waals surface area contributed by atoms with Gasteiger partial charge in [0.15, 0.2) is 0 Å². The Labute approximate surface area is 133 Å². The zero-order chi connectivity index (χ0) is 16.4. The number of likely N-dealkylation sites (N-methyl/N-ethyl adjacent to an activating group) is 1. The Kier molecular flexibility index (Phi) is 3.97. The quantitative estimate of drug-likeness (QED) is 0.895. The molecule has 0 radical (unpaired) electrons. The summed E-state index contributed by atoms with van der Waals surface area (Å²) in [6.45, 7) is 0. The topological polar surface area (TPSA) is 61.4 Å². The van der Waals surface area contributed by atoms with Crippen molar-refractivity contribution < 1.29 is 14.0 Å². The normalized spacial score (nSPS) is 15.9. The van der Waals surface area contributed by atoms with E-state index >= 15 is 0 Å². The second-order valence-electron chi connectivity index (χ2n) is 5.27. The minimum absolute atomic E-state index is 0.226. The Morgan fingerprint density at radius 3 is 2.52 bits per heavy atom. The molecule has 1 heterocycles. The summed E-state index contributed by atoms with van der Waals surface area (Å²) in [7, 11) is 1.54. The average Bonchev–Trinajstić information content (AvgIpc) is 2.95. The Hall–Kier alpha value is -2.89. The summed E-state index contributed by atoms with van der Waals surface area (Å²) >= 11 is 0. The van der Waals surface area contributed by atoms with Gasteiger partial charge in [-0.3, -0.25) is 9.69 Å². The number of halogens is 1. The molecule has 0 saturated heterocycles. The third-order valence-corrected chi connectivity index (χ3v) is 3.84. The number of hydrogen-bond acceptors (Lipinski definition) is 2. The molecule has 0 spiro atoms. The van der Waals surface area contributed by atoms with E-state index < -0.39 is 12.1 Å². The van der Waals surface area contributed by atoms with Crippen molar-refractivity contribution in [3.8, 4) is 0 Å². The number of urea groups is 1. The van der Waals surface area contributed by atoms with Crippen molar-refractivity contribution in [2.24, 2.45) is 0 Å². The third kappa shape index (κ3) is 2.88. The molecular weight excluding hydrogens is 297 g/mol. The highest BCUT2D eigenvalue weighted by molar-refractivity contribution is 6.08. The second kappa shape index (κ2) is 6.08. The van der Waals surface area contributed by atoms with Gasteiger partial charge in [-0.1, -0.05) is 18.2 Å². The molecule has 1 aliphatic heterocycles. The molecule has 3 amide bonds. The van der Waals surface area contributed by atoms with Crippen LogP contribution in [-0.4, -0.2) is 25.0 Å². The van der Waals surface area contributed by atoms with E-state index in [2.05, 4.69) is 10.6 Å². The highest BCUT2D eigenvalue weighted by Gasteiger charge is 2.37. The molecule has 0 saturated carbocycles. The first-order valence-corrected chi connectivity index (χ1v) is 7.25. The number of amides is 3. The molecular formula is C17H16FN3O2. The van der Waals surface area contributed by atoms with E-state index in [4.69, 9.17) is 0 Å². The maximum Gasteiger partial charge on any atom is 0.327 e. The number of carbonyl (C=O) groups is 2. The van der Waals surface area contributed by atoms with Gasteiger partial charge in [0.25, 0.3) is 0 Å². The van der Waals surface area contributed by atoms with Crippen molar-refractivity contribution in [1.82, 2.24) is 5.32 Å². The van der Waals surface area contributed by atoms with Gasteiger partial charge in [0.2, 0.25) is 5.91 Å². The van der Waals surface area contributed by atoms with Crippen LogP contribution in [0.25, 0.3) is 0 Å². The number of anilines is 2. The molecule has 2 N–H and O–H groups in total. The van der Waals surface area contributed by atoms with E-state index in [1.165, 1.54) is 29.2 Å². The predicted octanol–water partition coefficient (Wildman–Crippen LogP) is 2.53. The van der Waals surface area contributed by atoms with Gasteiger partial charge in [0, 0.05) is 24.8 Å². The van der Waals surface area contributed by atoms with Gasteiger partial charge in [0.05, 0.1) is 0 Å². The van der Waals surface area contributed by atoms with Gasteiger partial charge in [-0.2, -0.15) is 0 Å². The maximum atomic E-state index is 13.0. The number of nitrogens with one attached hydrogen (secondary N) is 2. The van der Waals surface area contributed by atoms with Crippen LogP contribution in [0.3, 0.4) is 0 Å². The summed E-state index contributed by atoms with van der Waals surface area (Å²) in [6.07, 6.45) is 0.465. The number of nitrogens with zero attached hydrogens (tertiary/aromatic N) is 1. The molecule has 0 aliphatic carbocycles. The summed E-state index contributed by atoms with van der Waals surface area (Å²) in [5.41, 5.74) is 2.12. The SMILES string of the molecule is CNC(=O)[C@H]1Cc2ccccc2N1C(=O)Nc1ccc(F)cc1. The fourth-order valence-electron chi connectivity index (χ4n) is 2.73. The van der Waals surface area contributed by atoms with Gasteiger partial charge < -0.3 is 10.6 Å². The molecule has 5 nitrogen and oxygen atoms in total. The van der Waals surface area contributed by atoms with E-state index in [1.54, 1.807) is 7.05 Å². The number of para-hydroxylation sites is 1. The number of fused-ring (bicyclic) bond motifs is 1. The molecule has 0 bridgehead atoms. The number of benzene rings is 2. The highest BCUT2D eigenvalue weighted by Crippen LogP contribution is 2.32. The van der Waals surface area contributed by atoms with Crippen LogP contribution in [0.5, 0.6) is 0 Å². The maximum absolute atomic E-state index is 13.0. The van der Waals surface area contributed by atoms with Gasteiger partial charge >= 0.3 is 6.03 Å². The summed E-state index contributed by atoms with van der Waals surface area (Å²) in [5.74, 6) is -0.604. The van der Waals surface area contributed by atoms with Crippen molar-refractivity contribution in [2.75, 3.05) is 17.3 Å².